The lowest BCUT2D eigenvalue weighted by Gasteiger charge is -2.32. The van der Waals surface area contributed by atoms with Gasteiger partial charge >= 0.3 is 0 Å². The predicted molar refractivity (Wildman–Crippen MR) is 82.7 cm³/mol. The number of rotatable bonds is 5. The third-order valence-electron chi connectivity index (χ3n) is 3.71. The van der Waals surface area contributed by atoms with Gasteiger partial charge in [0.2, 0.25) is 5.91 Å². The van der Waals surface area contributed by atoms with E-state index in [4.69, 9.17) is 5.73 Å². The molecule has 3 N–H and O–H groups in total. The number of hydrogen-bond acceptors (Lipinski definition) is 4. The van der Waals surface area contributed by atoms with Gasteiger partial charge in [-0.15, -0.1) is 0 Å². The minimum Gasteiger partial charge on any atom is -0.397 e. The molecule has 0 saturated carbocycles. The monoisotopic (exact) mass is 276 g/mol. The van der Waals surface area contributed by atoms with Crippen molar-refractivity contribution in [1.82, 2.24) is 9.80 Å². The molecule has 1 heterocycles. The van der Waals surface area contributed by atoms with Crippen LogP contribution in [0.3, 0.4) is 0 Å². The number of carbonyl (C=O) groups is 1. The fourth-order valence-corrected chi connectivity index (χ4v) is 2.36. The van der Waals surface area contributed by atoms with Crippen LogP contribution in [-0.2, 0) is 4.79 Å². The van der Waals surface area contributed by atoms with Gasteiger partial charge in [-0.2, -0.15) is 0 Å². The molecule has 1 fully saturated rings. The maximum absolute atomic E-state index is 11.9. The van der Waals surface area contributed by atoms with E-state index in [1.807, 2.05) is 18.2 Å². The van der Waals surface area contributed by atoms with Gasteiger partial charge < -0.3 is 20.9 Å². The molecule has 0 spiro atoms. The highest BCUT2D eigenvalue weighted by Crippen LogP contribution is 2.17. The highest BCUT2D eigenvalue weighted by Gasteiger charge is 2.13. The molecule has 1 aromatic rings. The SMILES string of the molecule is CN1CCN(CCCC(=O)Nc2ccccc2N)CC1. The summed E-state index contributed by atoms with van der Waals surface area (Å²) < 4.78 is 0. The lowest BCUT2D eigenvalue weighted by Crippen LogP contribution is -2.44. The number of anilines is 2. The normalized spacial score (nSPS) is 17.1. The van der Waals surface area contributed by atoms with Crippen molar-refractivity contribution in [2.24, 2.45) is 0 Å². The Morgan fingerprint density at radius 1 is 1.25 bits per heavy atom. The lowest BCUT2D eigenvalue weighted by molar-refractivity contribution is -0.116. The van der Waals surface area contributed by atoms with Crippen LogP contribution in [0.2, 0.25) is 0 Å². The molecule has 5 heteroatoms. The standard InChI is InChI=1S/C15H24N4O/c1-18-9-11-19(12-10-18)8-4-7-15(20)17-14-6-3-2-5-13(14)16/h2-3,5-6H,4,7-12,16H2,1H3,(H,17,20). The van der Waals surface area contributed by atoms with Gasteiger partial charge in [0.25, 0.3) is 0 Å². The molecule has 0 unspecified atom stereocenters. The number of likely N-dealkylation sites (N-methyl/N-ethyl adjacent to an activating group) is 1. The average molecular weight is 276 g/mol. The molecule has 1 saturated heterocycles. The van der Waals surface area contributed by atoms with Crippen molar-refractivity contribution < 1.29 is 4.79 Å². The van der Waals surface area contributed by atoms with E-state index in [1.54, 1.807) is 6.07 Å². The molecule has 0 atom stereocenters. The second kappa shape index (κ2) is 7.26. The van der Waals surface area contributed by atoms with Crippen LogP contribution in [-0.4, -0.2) is 55.5 Å². The third-order valence-corrected chi connectivity index (χ3v) is 3.71. The van der Waals surface area contributed by atoms with Crippen molar-refractivity contribution in [3.8, 4) is 0 Å². The van der Waals surface area contributed by atoms with E-state index in [2.05, 4.69) is 22.2 Å². The van der Waals surface area contributed by atoms with E-state index in [0.717, 1.165) is 39.1 Å². The van der Waals surface area contributed by atoms with Crippen LogP contribution in [0.15, 0.2) is 24.3 Å². The average Bonchev–Trinajstić information content (AvgIpc) is 2.44. The summed E-state index contributed by atoms with van der Waals surface area (Å²) in [6.07, 6.45) is 1.43. The number of nitrogen functional groups attached to an aromatic ring is 1. The summed E-state index contributed by atoms with van der Waals surface area (Å²) in [6, 6.07) is 7.35. The van der Waals surface area contributed by atoms with E-state index in [0.29, 0.717) is 17.8 Å². The van der Waals surface area contributed by atoms with Gasteiger partial charge in [-0.05, 0) is 32.1 Å². The van der Waals surface area contributed by atoms with Gasteiger partial charge in [0.1, 0.15) is 0 Å². The number of amides is 1. The molecule has 1 aliphatic heterocycles. The highest BCUT2D eigenvalue weighted by atomic mass is 16.1. The van der Waals surface area contributed by atoms with Crippen molar-refractivity contribution in [1.29, 1.82) is 0 Å². The maximum atomic E-state index is 11.9. The first kappa shape index (κ1) is 14.8. The van der Waals surface area contributed by atoms with E-state index in [9.17, 15) is 4.79 Å². The van der Waals surface area contributed by atoms with Crippen LogP contribution in [0.5, 0.6) is 0 Å². The van der Waals surface area contributed by atoms with E-state index >= 15 is 0 Å². The first-order valence-electron chi connectivity index (χ1n) is 7.20. The summed E-state index contributed by atoms with van der Waals surface area (Å²) in [5, 5.41) is 2.86. The Balaban J connectivity index is 1.67. The summed E-state index contributed by atoms with van der Waals surface area (Å²) in [5.41, 5.74) is 7.12. The van der Waals surface area contributed by atoms with Crippen molar-refractivity contribution in [2.75, 3.05) is 50.8 Å². The largest absolute Gasteiger partial charge is 0.397 e. The van der Waals surface area contributed by atoms with Crippen molar-refractivity contribution >= 4 is 17.3 Å². The summed E-state index contributed by atoms with van der Waals surface area (Å²) >= 11 is 0. The minimum atomic E-state index is 0.0389. The molecule has 2 rings (SSSR count). The summed E-state index contributed by atoms with van der Waals surface area (Å²) in [5.74, 6) is 0.0389. The van der Waals surface area contributed by atoms with Crippen LogP contribution in [0.4, 0.5) is 11.4 Å². The first-order valence-corrected chi connectivity index (χ1v) is 7.20. The Kier molecular flexibility index (Phi) is 5.38. The molecule has 20 heavy (non-hydrogen) atoms. The molecule has 0 aliphatic carbocycles. The number of nitrogens with two attached hydrogens (primary N) is 1. The van der Waals surface area contributed by atoms with Crippen LogP contribution in [0.1, 0.15) is 12.8 Å². The fourth-order valence-electron chi connectivity index (χ4n) is 2.36. The number of piperazine rings is 1. The Morgan fingerprint density at radius 2 is 1.95 bits per heavy atom. The zero-order valence-corrected chi connectivity index (χ0v) is 12.1. The topological polar surface area (TPSA) is 61.6 Å². The molecule has 5 nitrogen and oxygen atoms in total. The lowest BCUT2D eigenvalue weighted by atomic mass is 10.2. The minimum absolute atomic E-state index is 0.0389. The molecular weight excluding hydrogens is 252 g/mol. The number of carbonyl (C=O) groups excluding carboxylic acids is 1. The number of para-hydroxylation sites is 2. The summed E-state index contributed by atoms with van der Waals surface area (Å²) in [4.78, 5) is 16.6. The zero-order chi connectivity index (χ0) is 14.4. The van der Waals surface area contributed by atoms with E-state index in [-0.39, 0.29) is 5.91 Å². The van der Waals surface area contributed by atoms with Gasteiger partial charge in [-0.25, -0.2) is 0 Å². The van der Waals surface area contributed by atoms with Crippen molar-refractivity contribution in [3.63, 3.8) is 0 Å². The van der Waals surface area contributed by atoms with Crippen LogP contribution < -0.4 is 11.1 Å². The quantitative estimate of drug-likeness (QED) is 0.794. The molecular formula is C15H24N4O. The molecule has 110 valence electrons. The highest BCUT2D eigenvalue weighted by molar-refractivity contribution is 5.93. The number of nitrogens with zero attached hydrogens (tertiary/aromatic N) is 2. The Labute approximate surface area is 120 Å². The van der Waals surface area contributed by atoms with Crippen molar-refractivity contribution in [2.45, 2.75) is 12.8 Å². The van der Waals surface area contributed by atoms with Gasteiger partial charge in [-0.1, -0.05) is 12.1 Å². The zero-order valence-electron chi connectivity index (χ0n) is 12.1. The molecule has 0 radical (unpaired) electrons. The first-order chi connectivity index (χ1) is 9.65. The summed E-state index contributed by atoms with van der Waals surface area (Å²) in [7, 11) is 2.15. The number of hydrogen-bond donors (Lipinski definition) is 2. The van der Waals surface area contributed by atoms with Gasteiger partial charge in [0.15, 0.2) is 0 Å². The fraction of sp³-hybridized carbons (Fsp3) is 0.533. The maximum Gasteiger partial charge on any atom is 0.224 e. The molecule has 1 amide bonds. The Hall–Kier alpha value is -1.59. The Bertz CT molecular complexity index is 441. The third kappa shape index (κ3) is 4.51. The molecule has 1 aliphatic rings. The van der Waals surface area contributed by atoms with Crippen molar-refractivity contribution in [3.05, 3.63) is 24.3 Å². The summed E-state index contributed by atoms with van der Waals surface area (Å²) in [6.45, 7) is 5.43. The van der Waals surface area contributed by atoms with E-state index < -0.39 is 0 Å². The van der Waals surface area contributed by atoms with E-state index in [1.165, 1.54) is 0 Å². The van der Waals surface area contributed by atoms with Crippen LogP contribution >= 0.6 is 0 Å². The molecule has 1 aromatic carbocycles. The Morgan fingerprint density at radius 3 is 2.65 bits per heavy atom. The van der Waals surface area contributed by atoms with Gasteiger partial charge in [0.05, 0.1) is 11.4 Å². The molecule has 0 bridgehead atoms. The van der Waals surface area contributed by atoms with Gasteiger partial charge in [-0.3, -0.25) is 4.79 Å². The molecule has 0 aromatic heterocycles. The number of nitrogens with one attached hydrogen (secondary N) is 1. The second-order valence-corrected chi connectivity index (χ2v) is 5.38. The number of benzene rings is 1. The van der Waals surface area contributed by atoms with Crippen LogP contribution in [0.25, 0.3) is 0 Å². The second-order valence-electron chi connectivity index (χ2n) is 5.38. The smallest absolute Gasteiger partial charge is 0.224 e. The van der Waals surface area contributed by atoms with Gasteiger partial charge in [0, 0.05) is 32.6 Å². The predicted octanol–water partition coefficient (Wildman–Crippen LogP) is 1.23. The van der Waals surface area contributed by atoms with Crippen LogP contribution in [0, 0.1) is 0 Å².